The van der Waals surface area contributed by atoms with Gasteiger partial charge in [0.25, 0.3) is 0 Å². The van der Waals surface area contributed by atoms with Crippen LogP contribution in [-0.4, -0.2) is 36.5 Å². The fourth-order valence-corrected chi connectivity index (χ4v) is 4.93. The Balaban J connectivity index is 2.40. The Morgan fingerprint density at radius 2 is 2.05 bits per heavy atom. The van der Waals surface area contributed by atoms with Gasteiger partial charge in [0.1, 0.15) is 5.78 Å². The van der Waals surface area contributed by atoms with Crippen LogP contribution in [0, 0.1) is 0 Å². The molecule has 0 N–H and O–H groups in total. The minimum atomic E-state index is -3.42. The molecule has 5 nitrogen and oxygen atoms in total. The Hall–Kier alpha value is -1.21. The second-order valence-corrected chi connectivity index (χ2v) is 8.53. The topological polar surface area (TPSA) is 71.5 Å². The van der Waals surface area contributed by atoms with Crippen molar-refractivity contribution >= 4 is 32.3 Å². The number of nitrogens with zero attached hydrogens (tertiary/aromatic N) is 1. The largest absolute Gasteiger partial charge is 0.300 e. The number of carbonyl (C=O) groups is 1. The van der Waals surface area contributed by atoms with E-state index < -0.39 is 20.8 Å². The van der Waals surface area contributed by atoms with E-state index in [0.717, 1.165) is 6.26 Å². The highest BCUT2D eigenvalue weighted by molar-refractivity contribution is 7.92. The number of ketones is 1. The molecule has 2 atom stereocenters. The molecule has 2 rings (SSSR count). The maximum atomic E-state index is 12.5. The Labute approximate surface area is 121 Å². The number of benzene rings is 1. The summed E-state index contributed by atoms with van der Waals surface area (Å²) in [6.45, 7) is 1.64. The van der Waals surface area contributed by atoms with E-state index in [1.54, 1.807) is 24.3 Å². The lowest BCUT2D eigenvalue weighted by molar-refractivity contribution is -0.117. The highest BCUT2D eigenvalue weighted by atomic mass is 32.2. The van der Waals surface area contributed by atoms with Crippen LogP contribution >= 0.6 is 0 Å². The molecule has 1 aromatic rings. The Morgan fingerprint density at radius 1 is 1.40 bits per heavy atom. The van der Waals surface area contributed by atoms with Crippen molar-refractivity contribution in [2.75, 3.05) is 17.1 Å². The van der Waals surface area contributed by atoms with Crippen LogP contribution in [0.1, 0.15) is 19.8 Å². The predicted molar refractivity (Wildman–Crippen MR) is 78.7 cm³/mol. The van der Waals surface area contributed by atoms with Crippen molar-refractivity contribution in [1.29, 1.82) is 0 Å². The number of fused-ring (bicyclic) bond motifs is 1. The third kappa shape index (κ3) is 3.09. The zero-order chi connectivity index (χ0) is 14.9. The highest BCUT2D eigenvalue weighted by Gasteiger charge is 2.34. The number of Topliss-reactive ketones (excluding diaryl/α,β-unsaturated/α-hetero) is 1. The lowest BCUT2D eigenvalue weighted by Gasteiger charge is -2.33. The quantitative estimate of drug-likeness (QED) is 0.840. The maximum absolute atomic E-state index is 12.5. The molecule has 0 aliphatic carbocycles. The Bertz CT molecular complexity index is 654. The van der Waals surface area contributed by atoms with Gasteiger partial charge < -0.3 is 4.79 Å². The van der Waals surface area contributed by atoms with Crippen LogP contribution in [-0.2, 0) is 25.6 Å². The minimum absolute atomic E-state index is 0.0202. The van der Waals surface area contributed by atoms with E-state index in [4.69, 9.17) is 0 Å². The van der Waals surface area contributed by atoms with Crippen molar-refractivity contribution in [2.45, 2.75) is 29.9 Å². The third-order valence-corrected chi connectivity index (χ3v) is 6.16. The van der Waals surface area contributed by atoms with E-state index in [9.17, 15) is 17.4 Å². The number of para-hydroxylation sites is 1. The van der Waals surface area contributed by atoms with Crippen molar-refractivity contribution in [3.05, 3.63) is 24.3 Å². The van der Waals surface area contributed by atoms with E-state index in [0.29, 0.717) is 23.4 Å². The van der Waals surface area contributed by atoms with Gasteiger partial charge in [-0.05, 0) is 25.5 Å². The van der Waals surface area contributed by atoms with E-state index in [2.05, 4.69) is 0 Å². The second kappa shape index (κ2) is 5.65. The van der Waals surface area contributed by atoms with Crippen LogP contribution in [0.15, 0.2) is 29.2 Å². The molecular formula is C13H17NO4S2. The average Bonchev–Trinajstić information content (AvgIpc) is 2.36. The van der Waals surface area contributed by atoms with Gasteiger partial charge >= 0.3 is 0 Å². The Kier molecular flexibility index (Phi) is 4.29. The smallest absolute Gasteiger partial charge is 0.232 e. The molecule has 0 bridgehead atoms. The van der Waals surface area contributed by atoms with Gasteiger partial charge in [-0.1, -0.05) is 12.1 Å². The van der Waals surface area contributed by atoms with Gasteiger partial charge in [0.05, 0.1) is 32.9 Å². The summed E-state index contributed by atoms with van der Waals surface area (Å²) in [6, 6.07) is 6.81. The number of anilines is 1. The first-order chi connectivity index (χ1) is 9.30. The first kappa shape index (κ1) is 15.2. The fourth-order valence-electron chi connectivity index (χ4n) is 2.24. The lowest BCUT2D eigenvalue weighted by atomic mass is 10.2. The molecular weight excluding hydrogens is 298 g/mol. The molecule has 20 heavy (non-hydrogen) atoms. The minimum Gasteiger partial charge on any atom is -0.300 e. The molecule has 1 aliphatic heterocycles. The van der Waals surface area contributed by atoms with Gasteiger partial charge in [-0.2, -0.15) is 0 Å². The SMILES string of the molecule is CC(=O)CC[C@H]1CN(S(C)(=O)=O)c2ccccc2S1=O. The molecule has 1 heterocycles. The van der Waals surface area contributed by atoms with Gasteiger partial charge in [-0.3, -0.25) is 8.51 Å². The van der Waals surface area contributed by atoms with Crippen LogP contribution in [0.4, 0.5) is 5.69 Å². The standard InChI is InChI=1S/C13H17NO4S2/c1-10(15)7-8-11-9-14(20(2,17)18)12-5-3-4-6-13(12)19(11)16/h3-6,11H,7-9H2,1-2H3/t11-,19?/m0/s1. The summed E-state index contributed by atoms with van der Waals surface area (Å²) in [5.74, 6) is 0.0202. The van der Waals surface area contributed by atoms with Gasteiger partial charge in [-0.15, -0.1) is 0 Å². The number of rotatable bonds is 4. The zero-order valence-corrected chi connectivity index (χ0v) is 13.0. The first-order valence-corrected chi connectivity index (χ1v) is 9.33. The van der Waals surface area contributed by atoms with Crippen molar-refractivity contribution in [2.24, 2.45) is 0 Å². The molecule has 1 unspecified atom stereocenters. The monoisotopic (exact) mass is 315 g/mol. The predicted octanol–water partition coefficient (Wildman–Crippen LogP) is 1.31. The molecule has 0 saturated carbocycles. The normalized spacial score (nSPS) is 22.4. The lowest BCUT2D eigenvalue weighted by Crippen LogP contribution is -2.43. The summed E-state index contributed by atoms with van der Waals surface area (Å²) in [4.78, 5) is 11.6. The van der Waals surface area contributed by atoms with Gasteiger partial charge in [0, 0.05) is 13.0 Å². The molecule has 0 spiro atoms. The summed E-state index contributed by atoms with van der Waals surface area (Å²) in [5.41, 5.74) is 0.479. The molecule has 7 heteroatoms. The van der Waals surface area contributed by atoms with Crippen LogP contribution in [0.2, 0.25) is 0 Å². The molecule has 1 aromatic carbocycles. The first-order valence-electron chi connectivity index (χ1n) is 6.27. The molecule has 0 radical (unpaired) electrons. The zero-order valence-electron chi connectivity index (χ0n) is 11.4. The summed E-state index contributed by atoms with van der Waals surface area (Å²) in [6.07, 6.45) is 1.89. The van der Waals surface area contributed by atoms with Crippen molar-refractivity contribution in [3.63, 3.8) is 0 Å². The Morgan fingerprint density at radius 3 is 2.65 bits per heavy atom. The molecule has 0 aromatic heterocycles. The van der Waals surface area contributed by atoms with Crippen LogP contribution in [0.25, 0.3) is 0 Å². The number of hydrogen-bond acceptors (Lipinski definition) is 4. The van der Waals surface area contributed by atoms with E-state index in [-0.39, 0.29) is 17.6 Å². The van der Waals surface area contributed by atoms with Gasteiger partial charge in [-0.25, -0.2) is 8.42 Å². The van der Waals surface area contributed by atoms with Crippen LogP contribution < -0.4 is 4.31 Å². The third-order valence-electron chi connectivity index (χ3n) is 3.24. The molecule has 1 aliphatic rings. The van der Waals surface area contributed by atoms with Gasteiger partial charge in [0.15, 0.2) is 0 Å². The fraction of sp³-hybridized carbons (Fsp3) is 0.462. The molecule has 110 valence electrons. The van der Waals surface area contributed by atoms with Crippen molar-refractivity contribution < 1.29 is 17.4 Å². The average molecular weight is 315 g/mol. The summed E-state index contributed by atoms with van der Waals surface area (Å²) >= 11 is 0. The van der Waals surface area contributed by atoms with Crippen LogP contribution in [0.5, 0.6) is 0 Å². The molecule has 0 amide bonds. The number of hydrogen-bond donors (Lipinski definition) is 0. The summed E-state index contributed by atoms with van der Waals surface area (Å²) in [7, 11) is -4.70. The second-order valence-electron chi connectivity index (χ2n) is 4.92. The summed E-state index contributed by atoms with van der Waals surface area (Å²) in [5, 5.41) is -0.344. The van der Waals surface area contributed by atoms with Crippen molar-refractivity contribution in [3.8, 4) is 0 Å². The van der Waals surface area contributed by atoms with Crippen LogP contribution in [0.3, 0.4) is 0 Å². The van der Waals surface area contributed by atoms with Crippen molar-refractivity contribution in [1.82, 2.24) is 0 Å². The van der Waals surface area contributed by atoms with Gasteiger partial charge in [0.2, 0.25) is 10.0 Å². The molecule has 0 fully saturated rings. The summed E-state index contributed by atoms with van der Waals surface area (Å²) < 4.78 is 37.6. The maximum Gasteiger partial charge on any atom is 0.232 e. The highest BCUT2D eigenvalue weighted by Crippen LogP contribution is 2.34. The van der Waals surface area contributed by atoms with E-state index >= 15 is 0 Å². The van der Waals surface area contributed by atoms with E-state index in [1.807, 2.05) is 0 Å². The number of carbonyl (C=O) groups excluding carboxylic acids is 1. The van der Waals surface area contributed by atoms with E-state index in [1.165, 1.54) is 11.2 Å². The molecule has 0 saturated heterocycles. The number of sulfonamides is 1.